The van der Waals surface area contributed by atoms with Crippen LogP contribution in [-0.4, -0.2) is 26.3 Å². The lowest BCUT2D eigenvalue weighted by Gasteiger charge is -2.30. The Labute approximate surface area is 138 Å². The number of hydrogen-bond acceptors (Lipinski definition) is 4. The zero-order valence-corrected chi connectivity index (χ0v) is 14.5. The molecule has 1 N–H and O–H groups in total. The molecule has 0 bridgehead atoms. The Hall–Kier alpha value is -1.04. The molecule has 112 valence electrons. The normalized spacial score (nSPS) is 15.2. The van der Waals surface area contributed by atoms with Crippen molar-refractivity contribution in [3.05, 3.63) is 44.6 Å². The molecule has 0 unspecified atom stereocenters. The van der Waals surface area contributed by atoms with Crippen LogP contribution in [0.25, 0.3) is 0 Å². The summed E-state index contributed by atoms with van der Waals surface area (Å²) >= 11 is 5.41. The number of nitrogens with zero attached hydrogens (tertiary/aromatic N) is 1. The average Bonchev–Trinajstić information content (AvgIpc) is 2.85. The number of hydrogen-bond donors (Lipinski definition) is 1. The molecule has 3 nitrogen and oxygen atoms in total. The fourth-order valence-corrected chi connectivity index (χ4v) is 4.03. The number of rotatable bonds is 4. The van der Waals surface area contributed by atoms with E-state index in [1.165, 1.54) is 25.6 Å². The topological polar surface area (TPSA) is 24.5 Å². The number of ether oxygens (including phenoxy) is 1. The van der Waals surface area contributed by atoms with Gasteiger partial charge in [0.05, 0.1) is 24.6 Å². The molecular weight excluding hydrogens is 348 g/mol. The summed E-state index contributed by atoms with van der Waals surface area (Å²) in [6.45, 7) is 6.54. The molecule has 0 atom stereocenters. The molecule has 2 aromatic rings. The summed E-state index contributed by atoms with van der Waals surface area (Å²) in [5, 5.41) is 3.57. The molecule has 2 heterocycles. The zero-order valence-electron chi connectivity index (χ0n) is 12.1. The summed E-state index contributed by atoms with van der Waals surface area (Å²) in [7, 11) is 0. The van der Waals surface area contributed by atoms with Crippen LogP contribution in [0.2, 0.25) is 0 Å². The molecule has 0 amide bonds. The van der Waals surface area contributed by atoms with Gasteiger partial charge in [-0.25, -0.2) is 0 Å². The Morgan fingerprint density at radius 2 is 2.05 bits per heavy atom. The molecule has 1 fully saturated rings. The number of aryl methyl sites for hydroxylation is 1. The van der Waals surface area contributed by atoms with Crippen molar-refractivity contribution in [3.8, 4) is 0 Å². The van der Waals surface area contributed by atoms with Crippen molar-refractivity contribution in [3.63, 3.8) is 0 Å². The number of halogens is 1. The van der Waals surface area contributed by atoms with Gasteiger partial charge in [0.15, 0.2) is 0 Å². The second-order valence-electron chi connectivity index (χ2n) is 5.09. The van der Waals surface area contributed by atoms with Crippen LogP contribution in [0, 0.1) is 6.92 Å². The number of morpholine rings is 1. The quantitative estimate of drug-likeness (QED) is 0.874. The lowest BCUT2D eigenvalue weighted by Crippen LogP contribution is -2.36. The summed E-state index contributed by atoms with van der Waals surface area (Å²) in [5.41, 5.74) is 2.47. The maximum atomic E-state index is 5.44. The minimum Gasteiger partial charge on any atom is -0.378 e. The highest BCUT2D eigenvalue weighted by atomic mass is 79.9. The molecular formula is C16H19BrN2OS. The highest BCUT2D eigenvalue weighted by Crippen LogP contribution is 2.30. The highest BCUT2D eigenvalue weighted by Gasteiger charge is 2.14. The first kappa shape index (κ1) is 14.9. The number of para-hydroxylation sites is 2. The summed E-state index contributed by atoms with van der Waals surface area (Å²) in [4.78, 5) is 5.06. The van der Waals surface area contributed by atoms with E-state index in [9.17, 15) is 0 Å². The Morgan fingerprint density at radius 3 is 2.76 bits per heavy atom. The van der Waals surface area contributed by atoms with Crippen molar-refractivity contribution >= 4 is 38.6 Å². The van der Waals surface area contributed by atoms with Crippen molar-refractivity contribution in [2.45, 2.75) is 13.5 Å². The minimum atomic E-state index is 0.811. The van der Waals surface area contributed by atoms with E-state index < -0.39 is 0 Å². The van der Waals surface area contributed by atoms with Crippen LogP contribution in [0.3, 0.4) is 0 Å². The van der Waals surface area contributed by atoms with Crippen molar-refractivity contribution in [1.29, 1.82) is 0 Å². The van der Waals surface area contributed by atoms with Gasteiger partial charge in [0, 0.05) is 33.9 Å². The molecule has 5 heteroatoms. The van der Waals surface area contributed by atoms with E-state index in [2.05, 4.69) is 63.4 Å². The van der Waals surface area contributed by atoms with Gasteiger partial charge in [-0.1, -0.05) is 12.1 Å². The SMILES string of the molecule is Cc1sc(CNc2ccccc2N2CCOCC2)cc1Br. The van der Waals surface area contributed by atoms with Crippen LogP contribution in [-0.2, 0) is 11.3 Å². The largest absolute Gasteiger partial charge is 0.378 e. The Kier molecular flexibility index (Phi) is 4.83. The van der Waals surface area contributed by atoms with E-state index in [0.29, 0.717) is 0 Å². The molecule has 1 aromatic heterocycles. The van der Waals surface area contributed by atoms with Crippen molar-refractivity contribution in [2.75, 3.05) is 36.5 Å². The van der Waals surface area contributed by atoms with Gasteiger partial charge in [-0.15, -0.1) is 11.3 Å². The average molecular weight is 367 g/mol. The van der Waals surface area contributed by atoms with Crippen LogP contribution in [0.4, 0.5) is 11.4 Å². The van der Waals surface area contributed by atoms with E-state index in [1.807, 2.05) is 11.3 Å². The highest BCUT2D eigenvalue weighted by molar-refractivity contribution is 9.10. The Morgan fingerprint density at radius 1 is 1.29 bits per heavy atom. The lowest BCUT2D eigenvalue weighted by molar-refractivity contribution is 0.123. The van der Waals surface area contributed by atoms with Crippen LogP contribution in [0.5, 0.6) is 0 Å². The monoisotopic (exact) mass is 366 g/mol. The minimum absolute atomic E-state index is 0.811. The second-order valence-corrected chi connectivity index (χ2v) is 7.28. The van der Waals surface area contributed by atoms with Gasteiger partial charge in [-0.2, -0.15) is 0 Å². The summed E-state index contributed by atoms with van der Waals surface area (Å²) < 4.78 is 6.64. The van der Waals surface area contributed by atoms with Crippen LogP contribution < -0.4 is 10.2 Å². The molecule has 0 saturated carbocycles. The molecule has 1 saturated heterocycles. The molecule has 1 aliphatic heterocycles. The molecule has 1 aromatic carbocycles. The first-order valence-electron chi connectivity index (χ1n) is 7.14. The molecule has 0 spiro atoms. The molecule has 21 heavy (non-hydrogen) atoms. The lowest BCUT2D eigenvalue weighted by atomic mass is 10.2. The number of nitrogens with one attached hydrogen (secondary N) is 1. The summed E-state index contributed by atoms with van der Waals surface area (Å²) in [6.07, 6.45) is 0. The maximum absolute atomic E-state index is 5.44. The Bertz CT molecular complexity index is 589. The van der Waals surface area contributed by atoms with E-state index in [-0.39, 0.29) is 0 Å². The van der Waals surface area contributed by atoms with Gasteiger partial charge >= 0.3 is 0 Å². The third-order valence-corrected chi connectivity index (χ3v) is 5.75. The van der Waals surface area contributed by atoms with E-state index in [1.54, 1.807) is 0 Å². The second kappa shape index (κ2) is 6.81. The molecule has 0 radical (unpaired) electrons. The number of benzene rings is 1. The summed E-state index contributed by atoms with van der Waals surface area (Å²) in [6, 6.07) is 10.7. The van der Waals surface area contributed by atoms with Crippen LogP contribution in [0.15, 0.2) is 34.8 Å². The smallest absolute Gasteiger partial charge is 0.0642 e. The Balaban J connectivity index is 1.72. The van der Waals surface area contributed by atoms with Crippen LogP contribution >= 0.6 is 27.3 Å². The van der Waals surface area contributed by atoms with Gasteiger partial charge < -0.3 is 15.0 Å². The predicted molar refractivity (Wildman–Crippen MR) is 93.6 cm³/mol. The van der Waals surface area contributed by atoms with Crippen molar-refractivity contribution in [1.82, 2.24) is 0 Å². The van der Waals surface area contributed by atoms with Crippen molar-refractivity contribution < 1.29 is 4.74 Å². The van der Waals surface area contributed by atoms with E-state index in [4.69, 9.17) is 4.74 Å². The van der Waals surface area contributed by atoms with Gasteiger partial charge in [0.25, 0.3) is 0 Å². The number of thiophene rings is 1. The third kappa shape index (κ3) is 3.59. The fraction of sp³-hybridized carbons (Fsp3) is 0.375. The van der Waals surface area contributed by atoms with Gasteiger partial charge in [0.2, 0.25) is 0 Å². The predicted octanol–water partition coefficient (Wildman–Crippen LogP) is 4.27. The first-order chi connectivity index (χ1) is 10.2. The maximum Gasteiger partial charge on any atom is 0.0642 e. The van der Waals surface area contributed by atoms with Crippen molar-refractivity contribution in [2.24, 2.45) is 0 Å². The van der Waals surface area contributed by atoms with E-state index in [0.717, 1.165) is 32.8 Å². The number of anilines is 2. The van der Waals surface area contributed by atoms with Crippen LogP contribution in [0.1, 0.15) is 9.75 Å². The molecule has 1 aliphatic rings. The van der Waals surface area contributed by atoms with Gasteiger partial charge in [-0.05, 0) is 41.1 Å². The fourth-order valence-electron chi connectivity index (χ4n) is 2.49. The summed E-state index contributed by atoms with van der Waals surface area (Å²) in [5.74, 6) is 0. The third-order valence-electron chi connectivity index (χ3n) is 3.62. The first-order valence-corrected chi connectivity index (χ1v) is 8.75. The van der Waals surface area contributed by atoms with E-state index >= 15 is 0 Å². The zero-order chi connectivity index (χ0) is 14.7. The molecule has 3 rings (SSSR count). The standard InChI is InChI=1S/C16H19BrN2OS/c1-12-14(17)10-13(21-12)11-18-15-4-2-3-5-16(15)19-6-8-20-9-7-19/h2-5,10,18H,6-9,11H2,1H3. The molecule has 0 aliphatic carbocycles. The van der Waals surface area contributed by atoms with Gasteiger partial charge in [0.1, 0.15) is 0 Å². The van der Waals surface area contributed by atoms with Gasteiger partial charge in [-0.3, -0.25) is 0 Å².